The summed E-state index contributed by atoms with van der Waals surface area (Å²) < 4.78 is 38.9. The summed E-state index contributed by atoms with van der Waals surface area (Å²) in [5, 5.41) is 8.70. The van der Waals surface area contributed by atoms with Crippen LogP contribution in [0.25, 0.3) is 0 Å². The van der Waals surface area contributed by atoms with E-state index < -0.39 is 26.7 Å². The lowest BCUT2D eigenvalue weighted by molar-refractivity contribution is 0.0696. The molecule has 8 heteroatoms. The summed E-state index contributed by atoms with van der Waals surface area (Å²) in [6.45, 7) is 0.254. The number of aromatic carboxylic acids is 1. The van der Waals surface area contributed by atoms with E-state index in [1.165, 1.54) is 18.8 Å². The Kier molecular flexibility index (Phi) is 5.33. The van der Waals surface area contributed by atoms with Crippen molar-refractivity contribution in [1.82, 2.24) is 4.31 Å². The SMILES string of the molecule is CSCCN(C)S(=O)(=O)c1ccc(C(=O)O)cc1F. The molecule has 1 aromatic carbocycles. The van der Waals surface area contributed by atoms with E-state index in [0.717, 1.165) is 16.4 Å². The Bertz CT molecular complexity index is 574. The van der Waals surface area contributed by atoms with Gasteiger partial charge in [-0.2, -0.15) is 11.8 Å². The van der Waals surface area contributed by atoms with Crippen LogP contribution in [-0.4, -0.2) is 49.4 Å². The fourth-order valence-electron chi connectivity index (χ4n) is 1.35. The van der Waals surface area contributed by atoms with E-state index in [0.29, 0.717) is 11.8 Å². The highest BCUT2D eigenvalue weighted by molar-refractivity contribution is 7.98. The molecule has 0 bridgehead atoms. The number of halogens is 1. The topological polar surface area (TPSA) is 74.7 Å². The van der Waals surface area contributed by atoms with Crippen LogP contribution in [0.15, 0.2) is 23.1 Å². The minimum atomic E-state index is -3.93. The molecule has 0 unspecified atom stereocenters. The minimum absolute atomic E-state index is 0.254. The average Bonchev–Trinajstić information content (AvgIpc) is 2.35. The number of carboxylic acids is 1. The van der Waals surface area contributed by atoms with E-state index in [9.17, 15) is 17.6 Å². The first-order valence-electron chi connectivity index (χ1n) is 5.29. The van der Waals surface area contributed by atoms with E-state index in [-0.39, 0.29) is 12.1 Å². The van der Waals surface area contributed by atoms with Gasteiger partial charge in [-0.15, -0.1) is 0 Å². The monoisotopic (exact) mass is 307 g/mol. The Labute approximate surface area is 115 Å². The number of nitrogens with zero attached hydrogens (tertiary/aromatic N) is 1. The van der Waals surface area contributed by atoms with Gasteiger partial charge < -0.3 is 5.11 Å². The molecular weight excluding hydrogens is 293 g/mol. The molecule has 0 radical (unpaired) electrons. The average molecular weight is 307 g/mol. The molecule has 0 heterocycles. The number of hydrogen-bond acceptors (Lipinski definition) is 4. The number of thioether (sulfide) groups is 1. The molecule has 0 aliphatic heterocycles. The van der Waals surface area contributed by atoms with Crippen molar-refractivity contribution >= 4 is 27.8 Å². The zero-order valence-corrected chi connectivity index (χ0v) is 12.1. The van der Waals surface area contributed by atoms with Crippen molar-refractivity contribution in [3.63, 3.8) is 0 Å². The fraction of sp³-hybridized carbons (Fsp3) is 0.364. The Hall–Kier alpha value is -1.12. The molecule has 106 valence electrons. The van der Waals surface area contributed by atoms with Gasteiger partial charge in [0.2, 0.25) is 10.0 Å². The van der Waals surface area contributed by atoms with Crippen molar-refractivity contribution in [2.45, 2.75) is 4.90 Å². The quantitative estimate of drug-likeness (QED) is 0.862. The van der Waals surface area contributed by atoms with Crippen molar-refractivity contribution in [2.24, 2.45) is 0 Å². The van der Waals surface area contributed by atoms with Crippen molar-refractivity contribution in [3.05, 3.63) is 29.6 Å². The predicted octanol–water partition coefficient (Wildman–Crippen LogP) is 1.51. The summed E-state index contributed by atoms with van der Waals surface area (Å²) in [7, 11) is -2.58. The number of hydrogen-bond donors (Lipinski definition) is 1. The third kappa shape index (κ3) is 3.68. The fourth-order valence-corrected chi connectivity index (χ4v) is 3.14. The Balaban J connectivity index is 3.12. The van der Waals surface area contributed by atoms with Crippen LogP contribution in [0.5, 0.6) is 0 Å². The van der Waals surface area contributed by atoms with E-state index >= 15 is 0 Å². The van der Waals surface area contributed by atoms with Crippen LogP contribution in [0, 0.1) is 5.82 Å². The van der Waals surface area contributed by atoms with Crippen LogP contribution in [0.3, 0.4) is 0 Å². The van der Waals surface area contributed by atoms with E-state index in [2.05, 4.69) is 0 Å². The van der Waals surface area contributed by atoms with Gasteiger partial charge in [0.05, 0.1) is 5.56 Å². The molecule has 5 nitrogen and oxygen atoms in total. The van der Waals surface area contributed by atoms with Gasteiger partial charge in [-0.05, 0) is 24.5 Å². The van der Waals surface area contributed by atoms with Gasteiger partial charge in [0.25, 0.3) is 0 Å². The highest BCUT2D eigenvalue weighted by atomic mass is 32.2. The van der Waals surface area contributed by atoms with Crippen LogP contribution in [0.2, 0.25) is 0 Å². The molecule has 0 aliphatic rings. The van der Waals surface area contributed by atoms with Crippen LogP contribution in [0.1, 0.15) is 10.4 Å². The summed E-state index contributed by atoms with van der Waals surface area (Å²) in [4.78, 5) is 10.1. The van der Waals surface area contributed by atoms with Gasteiger partial charge in [-0.1, -0.05) is 0 Å². The molecule has 0 saturated heterocycles. The minimum Gasteiger partial charge on any atom is -0.478 e. The third-order valence-corrected chi connectivity index (χ3v) is 4.96. The third-order valence-electron chi connectivity index (χ3n) is 2.48. The molecule has 0 fully saturated rings. The van der Waals surface area contributed by atoms with Crippen LogP contribution < -0.4 is 0 Å². The first-order valence-corrected chi connectivity index (χ1v) is 8.12. The summed E-state index contributed by atoms with van der Waals surface area (Å²) >= 11 is 1.47. The summed E-state index contributed by atoms with van der Waals surface area (Å²) in [6.07, 6.45) is 1.84. The molecular formula is C11H14FNO4S2. The lowest BCUT2D eigenvalue weighted by Gasteiger charge is -2.17. The van der Waals surface area contributed by atoms with Gasteiger partial charge in [-0.3, -0.25) is 0 Å². The van der Waals surface area contributed by atoms with Crippen LogP contribution >= 0.6 is 11.8 Å². The second-order valence-corrected chi connectivity index (χ2v) is 6.77. The van der Waals surface area contributed by atoms with Gasteiger partial charge in [0.1, 0.15) is 10.7 Å². The largest absolute Gasteiger partial charge is 0.478 e. The predicted molar refractivity (Wildman–Crippen MR) is 71.6 cm³/mol. The highest BCUT2D eigenvalue weighted by Gasteiger charge is 2.24. The smallest absolute Gasteiger partial charge is 0.335 e. The molecule has 1 rings (SSSR count). The molecule has 1 aromatic rings. The number of rotatable bonds is 6. The number of benzene rings is 1. The Morgan fingerprint density at radius 3 is 2.58 bits per heavy atom. The summed E-state index contributed by atoms with van der Waals surface area (Å²) in [5.41, 5.74) is -0.289. The lowest BCUT2D eigenvalue weighted by Crippen LogP contribution is -2.29. The van der Waals surface area contributed by atoms with E-state index in [1.54, 1.807) is 0 Å². The molecule has 19 heavy (non-hydrogen) atoms. The zero-order chi connectivity index (χ0) is 14.6. The molecule has 0 aliphatic carbocycles. The maximum absolute atomic E-state index is 13.7. The standard InChI is InChI=1S/C11H14FNO4S2/c1-13(5-6-18-2)19(16,17)10-4-3-8(11(14)15)7-9(10)12/h3-4,7H,5-6H2,1-2H3,(H,14,15). The summed E-state index contributed by atoms with van der Waals surface area (Å²) in [6, 6.07) is 2.75. The molecule has 0 aromatic heterocycles. The van der Waals surface area contributed by atoms with E-state index in [4.69, 9.17) is 5.11 Å². The number of carbonyl (C=O) groups is 1. The van der Waals surface area contributed by atoms with Gasteiger partial charge in [0, 0.05) is 19.3 Å². The van der Waals surface area contributed by atoms with Crippen molar-refractivity contribution in [1.29, 1.82) is 0 Å². The second kappa shape index (κ2) is 6.36. The molecule has 0 spiro atoms. The molecule has 0 saturated carbocycles. The van der Waals surface area contributed by atoms with Crippen molar-refractivity contribution < 1.29 is 22.7 Å². The van der Waals surface area contributed by atoms with Crippen molar-refractivity contribution in [3.8, 4) is 0 Å². The summed E-state index contributed by atoms with van der Waals surface area (Å²) in [5.74, 6) is -1.78. The van der Waals surface area contributed by atoms with Crippen LogP contribution in [-0.2, 0) is 10.0 Å². The maximum atomic E-state index is 13.7. The lowest BCUT2D eigenvalue weighted by atomic mass is 10.2. The zero-order valence-electron chi connectivity index (χ0n) is 10.5. The Morgan fingerprint density at radius 2 is 2.11 bits per heavy atom. The molecule has 0 amide bonds. The van der Waals surface area contributed by atoms with Crippen LogP contribution in [0.4, 0.5) is 4.39 Å². The normalized spacial score (nSPS) is 11.8. The van der Waals surface area contributed by atoms with Gasteiger partial charge in [-0.25, -0.2) is 21.9 Å². The molecule has 0 atom stereocenters. The van der Waals surface area contributed by atoms with Gasteiger partial charge in [0.15, 0.2) is 0 Å². The molecule has 1 N–H and O–H groups in total. The first kappa shape index (κ1) is 15.9. The first-order chi connectivity index (χ1) is 8.80. The highest BCUT2D eigenvalue weighted by Crippen LogP contribution is 2.19. The second-order valence-electron chi connectivity index (χ2n) is 3.77. The number of carboxylic acid groups (broad SMARTS) is 1. The van der Waals surface area contributed by atoms with E-state index in [1.807, 2.05) is 6.26 Å². The van der Waals surface area contributed by atoms with Gasteiger partial charge >= 0.3 is 5.97 Å². The Morgan fingerprint density at radius 1 is 1.47 bits per heavy atom. The maximum Gasteiger partial charge on any atom is 0.335 e. The van der Waals surface area contributed by atoms with Crippen molar-refractivity contribution in [2.75, 3.05) is 25.6 Å². The number of sulfonamides is 1.